The molecule has 4 nitrogen and oxygen atoms in total. The van der Waals surface area contributed by atoms with Gasteiger partial charge in [-0.3, -0.25) is 0 Å². The third-order valence-electron chi connectivity index (χ3n) is 3.93. The standard InChI is InChI=1S/C16H19F2N3OS/c1-16(2,3)14-19-15(23-20-14)21-8-10(22)7-13(21)11-6-9(17)4-5-12(11)18/h4-6,10,13,22H,7-8H2,1-3H3. The summed E-state index contributed by atoms with van der Waals surface area (Å²) in [4.78, 5) is 6.35. The van der Waals surface area contributed by atoms with Crippen LogP contribution in [-0.4, -0.2) is 27.1 Å². The van der Waals surface area contributed by atoms with E-state index in [2.05, 4.69) is 9.36 Å². The van der Waals surface area contributed by atoms with Gasteiger partial charge in [-0.1, -0.05) is 20.8 Å². The van der Waals surface area contributed by atoms with Gasteiger partial charge in [0.1, 0.15) is 17.5 Å². The largest absolute Gasteiger partial charge is 0.391 e. The molecule has 1 N–H and O–H groups in total. The fourth-order valence-electron chi connectivity index (χ4n) is 2.73. The van der Waals surface area contributed by atoms with Gasteiger partial charge in [-0.2, -0.15) is 4.37 Å². The third kappa shape index (κ3) is 3.21. The second-order valence-electron chi connectivity index (χ2n) is 6.87. The molecule has 0 aliphatic carbocycles. The summed E-state index contributed by atoms with van der Waals surface area (Å²) in [6.07, 6.45) is -0.269. The molecule has 1 aliphatic rings. The van der Waals surface area contributed by atoms with Crippen molar-refractivity contribution in [2.45, 2.75) is 44.8 Å². The fourth-order valence-corrected chi connectivity index (χ4v) is 3.64. The highest BCUT2D eigenvalue weighted by atomic mass is 32.1. The Bertz CT molecular complexity index is 714. The molecule has 1 aliphatic heterocycles. The van der Waals surface area contributed by atoms with Crippen LogP contribution < -0.4 is 4.90 Å². The van der Waals surface area contributed by atoms with Crippen LogP contribution in [0.4, 0.5) is 13.9 Å². The molecular weight excluding hydrogens is 320 g/mol. The SMILES string of the molecule is CC(C)(C)c1nsc(N2CC(O)CC2c2cc(F)ccc2F)n1. The average molecular weight is 339 g/mol. The molecule has 0 amide bonds. The van der Waals surface area contributed by atoms with Gasteiger partial charge in [0.25, 0.3) is 0 Å². The monoisotopic (exact) mass is 339 g/mol. The first-order valence-electron chi connectivity index (χ1n) is 7.49. The minimum atomic E-state index is -0.607. The zero-order valence-corrected chi connectivity index (χ0v) is 14.1. The predicted octanol–water partition coefficient (Wildman–Crippen LogP) is 3.43. The molecular formula is C16H19F2N3OS. The lowest BCUT2D eigenvalue weighted by Gasteiger charge is -2.24. The van der Waals surface area contributed by atoms with Gasteiger partial charge < -0.3 is 10.0 Å². The molecule has 23 heavy (non-hydrogen) atoms. The molecule has 2 heterocycles. The van der Waals surface area contributed by atoms with Gasteiger partial charge in [-0.15, -0.1) is 0 Å². The maximum absolute atomic E-state index is 14.1. The number of aromatic nitrogens is 2. The lowest BCUT2D eigenvalue weighted by molar-refractivity contribution is 0.194. The van der Waals surface area contributed by atoms with E-state index in [4.69, 9.17) is 0 Å². The molecule has 1 aromatic heterocycles. The van der Waals surface area contributed by atoms with E-state index in [0.717, 1.165) is 12.1 Å². The van der Waals surface area contributed by atoms with Gasteiger partial charge in [0.05, 0.1) is 12.1 Å². The summed E-state index contributed by atoms with van der Waals surface area (Å²) >= 11 is 1.22. The summed E-state index contributed by atoms with van der Waals surface area (Å²) in [7, 11) is 0. The first-order chi connectivity index (χ1) is 10.8. The van der Waals surface area contributed by atoms with Crippen molar-refractivity contribution in [2.75, 3.05) is 11.4 Å². The van der Waals surface area contributed by atoms with Gasteiger partial charge in [0, 0.05) is 29.1 Å². The molecule has 1 saturated heterocycles. The number of rotatable bonds is 2. The van der Waals surface area contributed by atoms with E-state index in [0.29, 0.717) is 23.9 Å². The first-order valence-corrected chi connectivity index (χ1v) is 8.27. The average Bonchev–Trinajstić information content (AvgIpc) is 3.07. The molecule has 2 aromatic rings. The number of hydrogen-bond acceptors (Lipinski definition) is 5. The fraction of sp³-hybridized carbons (Fsp3) is 0.500. The van der Waals surface area contributed by atoms with Gasteiger partial charge in [-0.05, 0) is 24.6 Å². The Kier molecular flexibility index (Phi) is 4.10. The maximum atomic E-state index is 14.1. The van der Waals surface area contributed by atoms with Crippen LogP contribution in [0.5, 0.6) is 0 Å². The van der Waals surface area contributed by atoms with Crippen LogP contribution in [0, 0.1) is 11.6 Å². The summed E-state index contributed by atoms with van der Waals surface area (Å²) < 4.78 is 32.0. The molecule has 0 bridgehead atoms. The molecule has 2 atom stereocenters. The highest BCUT2D eigenvalue weighted by Gasteiger charge is 2.36. The van der Waals surface area contributed by atoms with E-state index in [-0.39, 0.29) is 11.0 Å². The topological polar surface area (TPSA) is 49.2 Å². The van der Waals surface area contributed by atoms with Gasteiger partial charge in [0.15, 0.2) is 0 Å². The van der Waals surface area contributed by atoms with Crippen molar-refractivity contribution >= 4 is 16.7 Å². The number of anilines is 1. The van der Waals surface area contributed by atoms with Crippen LogP contribution in [0.2, 0.25) is 0 Å². The van der Waals surface area contributed by atoms with E-state index >= 15 is 0 Å². The van der Waals surface area contributed by atoms with Crippen molar-refractivity contribution in [1.29, 1.82) is 0 Å². The van der Waals surface area contributed by atoms with E-state index in [1.54, 1.807) is 0 Å². The Morgan fingerprint density at radius 2 is 2.04 bits per heavy atom. The highest BCUT2D eigenvalue weighted by Crippen LogP contribution is 2.39. The number of β-amino-alcohol motifs (C(OH)–C–C–N with tert-alkyl or cyclic N) is 1. The summed E-state index contributed by atoms with van der Waals surface area (Å²) in [5.41, 5.74) is 0.0567. The molecule has 1 aromatic carbocycles. The van der Waals surface area contributed by atoms with Gasteiger partial charge in [-0.25, -0.2) is 13.8 Å². The second-order valence-corrected chi connectivity index (χ2v) is 7.60. The molecule has 0 saturated carbocycles. The Morgan fingerprint density at radius 3 is 2.70 bits per heavy atom. The van der Waals surface area contributed by atoms with Crippen molar-refractivity contribution in [3.8, 4) is 0 Å². The van der Waals surface area contributed by atoms with Crippen LogP contribution in [0.25, 0.3) is 0 Å². The number of nitrogens with zero attached hydrogens (tertiary/aromatic N) is 3. The van der Waals surface area contributed by atoms with Gasteiger partial charge >= 0.3 is 0 Å². The van der Waals surface area contributed by atoms with Crippen molar-refractivity contribution in [1.82, 2.24) is 9.36 Å². The summed E-state index contributed by atoms with van der Waals surface area (Å²) in [5, 5.41) is 10.6. The molecule has 0 spiro atoms. The number of benzene rings is 1. The minimum absolute atomic E-state index is 0.188. The minimum Gasteiger partial charge on any atom is -0.391 e. The summed E-state index contributed by atoms with van der Waals surface area (Å²) in [6, 6.07) is 2.96. The smallest absolute Gasteiger partial charge is 0.205 e. The number of aliphatic hydroxyl groups excluding tert-OH is 1. The highest BCUT2D eigenvalue weighted by molar-refractivity contribution is 7.09. The van der Waals surface area contributed by atoms with Gasteiger partial charge in [0.2, 0.25) is 5.13 Å². The molecule has 7 heteroatoms. The normalized spacial score (nSPS) is 21.9. The number of aliphatic hydroxyl groups is 1. The predicted molar refractivity (Wildman–Crippen MR) is 85.7 cm³/mol. The molecule has 3 rings (SSSR count). The first kappa shape index (κ1) is 16.3. The Morgan fingerprint density at radius 1 is 1.30 bits per heavy atom. The molecule has 2 unspecified atom stereocenters. The lowest BCUT2D eigenvalue weighted by atomic mass is 9.96. The Balaban J connectivity index is 1.97. The number of halogens is 2. The lowest BCUT2D eigenvalue weighted by Crippen LogP contribution is -2.25. The zero-order chi connectivity index (χ0) is 16.8. The Hall–Kier alpha value is -1.60. The van der Waals surface area contributed by atoms with Crippen LogP contribution >= 0.6 is 11.5 Å². The van der Waals surface area contributed by atoms with E-state index < -0.39 is 23.8 Å². The van der Waals surface area contributed by atoms with Crippen molar-refractivity contribution in [2.24, 2.45) is 0 Å². The molecule has 0 radical (unpaired) electrons. The Labute approximate surface area is 138 Å². The summed E-state index contributed by atoms with van der Waals surface area (Å²) in [5.74, 6) is -0.260. The van der Waals surface area contributed by atoms with E-state index in [1.807, 2.05) is 25.7 Å². The van der Waals surface area contributed by atoms with Crippen LogP contribution in [0.3, 0.4) is 0 Å². The molecule has 1 fully saturated rings. The van der Waals surface area contributed by atoms with E-state index in [1.165, 1.54) is 17.6 Å². The third-order valence-corrected chi connectivity index (χ3v) is 4.68. The van der Waals surface area contributed by atoms with Crippen molar-refractivity contribution in [3.63, 3.8) is 0 Å². The van der Waals surface area contributed by atoms with Crippen molar-refractivity contribution < 1.29 is 13.9 Å². The van der Waals surface area contributed by atoms with E-state index in [9.17, 15) is 13.9 Å². The molecule has 124 valence electrons. The van der Waals surface area contributed by atoms with Crippen LogP contribution in [0.15, 0.2) is 18.2 Å². The maximum Gasteiger partial charge on any atom is 0.205 e. The number of hydrogen-bond donors (Lipinski definition) is 1. The quantitative estimate of drug-likeness (QED) is 0.911. The van der Waals surface area contributed by atoms with Crippen molar-refractivity contribution in [3.05, 3.63) is 41.2 Å². The second kappa shape index (κ2) is 5.79. The zero-order valence-electron chi connectivity index (χ0n) is 13.3. The van der Waals surface area contributed by atoms with Crippen LogP contribution in [0.1, 0.15) is 44.6 Å². The summed E-state index contributed by atoms with van der Waals surface area (Å²) in [6.45, 7) is 6.38. The van der Waals surface area contributed by atoms with Crippen LogP contribution in [-0.2, 0) is 5.41 Å².